The molecule has 0 radical (unpaired) electrons. The van der Waals surface area contributed by atoms with Crippen molar-refractivity contribution in [1.29, 1.82) is 0 Å². The second-order valence-electron chi connectivity index (χ2n) is 6.40. The van der Waals surface area contributed by atoms with E-state index in [4.69, 9.17) is 5.73 Å². The minimum absolute atomic E-state index is 0.143. The molecule has 8 heteroatoms. The van der Waals surface area contributed by atoms with Gasteiger partial charge in [0.1, 0.15) is 0 Å². The van der Waals surface area contributed by atoms with Crippen LogP contribution in [0.3, 0.4) is 0 Å². The maximum Gasteiger partial charge on any atom is 0.269 e. The van der Waals surface area contributed by atoms with Crippen molar-refractivity contribution in [3.05, 3.63) is 66.1 Å². The van der Waals surface area contributed by atoms with Crippen LogP contribution in [0.4, 0.5) is 5.69 Å². The van der Waals surface area contributed by atoms with Gasteiger partial charge in [-0.2, -0.15) is 0 Å². The highest BCUT2D eigenvalue weighted by Crippen LogP contribution is 2.27. The maximum absolute atomic E-state index is 13.0. The molecule has 0 saturated carbocycles. The van der Waals surface area contributed by atoms with Crippen molar-refractivity contribution in [2.75, 3.05) is 19.8 Å². The number of rotatable bonds is 5. The fourth-order valence-electron chi connectivity index (χ4n) is 2.67. The average Bonchev–Trinajstić information content (AvgIpc) is 3.04. The first-order valence-electron chi connectivity index (χ1n) is 8.18. The summed E-state index contributed by atoms with van der Waals surface area (Å²) >= 11 is 0. The number of nitrogens with zero attached hydrogens (tertiary/aromatic N) is 3. The van der Waals surface area contributed by atoms with Gasteiger partial charge in [0.15, 0.2) is 11.4 Å². The molecule has 0 fully saturated rings. The van der Waals surface area contributed by atoms with E-state index in [1.165, 1.54) is 18.5 Å². The van der Waals surface area contributed by atoms with Gasteiger partial charge in [0.05, 0.1) is 22.3 Å². The van der Waals surface area contributed by atoms with Gasteiger partial charge >= 0.3 is 0 Å². The van der Waals surface area contributed by atoms with Crippen molar-refractivity contribution in [3.63, 3.8) is 0 Å². The molecule has 2 aromatic heterocycles. The second kappa shape index (κ2) is 6.88. The molecule has 1 aromatic carbocycles. The molecule has 2 N–H and O–H groups in total. The predicted molar refractivity (Wildman–Crippen MR) is 105 cm³/mol. The number of carbonyl (C=O) groups is 1. The molecule has 0 aliphatic rings. The highest BCUT2D eigenvalue weighted by Gasteiger charge is 2.22. The lowest BCUT2D eigenvalue weighted by atomic mass is 10.1. The molecule has 0 aliphatic carbocycles. The van der Waals surface area contributed by atoms with Crippen LogP contribution in [0.2, 0.25) is 0 Å². The van der Waals surface area contributed by atoms with Gasteiger partial charge in [-0.05, 0) is 25.1 Å². The van der Waals surface area contributed by atoms with Gasteiger partial charge < -0.3 is 10.6 Å². The predicted octanol–water partition coefficient (Wildman–Crippen LogP) is 2.42. The molecule has 0 saturated heterocycles. The smallest absolute Gasteiger partial charge is 0.269 e. The van der Waals surface area contributed by atoms with E-state index in [0.29, 0.717) is 5.39 Å². The molecule has 0 amide bonds. The molecular formula is C19H20N4O3S. The number of hydrogen-bond acceptors (Lipinski definition) is 6. The molecule has 7 nitrogen and oxygen atoms in total. The molecular weight excluding hydrogens is 364 g/mol. The first-order valence-corrected chi connectivity index (χ1v) is 9.62. The summed E-state index contributed by atoms with van der Waals surface area (Å²) in [7, 11) is -0.261. The second-order valence-corrected chi connectivity index (χ2v) is 8.21. The van der Waals surface area contributed by atoms with Crippen molar-refractivity contribution < 1.29 is 13.2 Å². The number of nitrogen functional groups attached to an aromatic ring is 1. The number of ketones is 1. The Hall–Kier alpha value is -3.13. The van der Waals surface area contributed by atoms with Crippen molar-refractivity contribution in [1.82, 2.24) is 13.9 Å². The van der Waals surface area contributed by atoms with E-state index in [9.17, 15) is 13.2 Å². The van der Waals surface area contributed by atoms with Crippen molar-refractivity contribution >= 4 is 32.5 Å². The Morgan fingerprint density at radius 1 is 1.19 bits per heavy atom. The number of aryl methyl sites for hydroxylation is 1. The highest BCUT2D eigenvalue weighted by atomic mass is 32.2. The molecule has 2 heterocycles. The zero-order valence-corrected chi connectivity index (χ0v) is 16.1. The van der Waals surface area contributed by atoms with Gasteiger partial charge in [-0.3, -0.25) is 4.79 Å². The zero-order chi connectivity index (χ0) is 19.8. The van der Waals surface area contributed by atoms with Crippen LogP contribution in [0, 0.1) is 6.92 Å². The molecule has 140 valence electrons. The van der Waals surface area contributed by atoms with Gasteiger partial charge in [0.2, 0.25) is 0 Å². The standard InChI is InChI=1S/C19H20N4O3S/c1-13-4-6-14(7-5-13)27(25,26)23-11-8-15-18(16(20)12-21-19(15)23)17(24)9-10-22(2)3/h4-12H,20H2,1-3H3/b10-9+. The minimum Gasteiger partial charge on any atom is -0.397 e. The Balaban J connectivity index is 2.17. The summed E-state index contributed by atoms with van der Waals surface area (Å²) in [6.07, 6.45) is 5.68. The van der Waals surface area contributed by atoms with Gasteiger partial charge in [-0.25, -0.2) is 17.4 Å². The summed E-state index contributed by atoms with van der Waals surface area (Å²) < 4.78 is 27.0. The van der Waals surface area contributed by atoms with Crippen molar-refractivity contribution in [2.45, 2.75) is 11.8 Å². The third kappa shape index (κ3) is 3.43. The fraction of sp³-hybridized carbons (Fsp3) is 0.158. The van der Waals surface area contributed by atoms with Crippen LogP contribution in [-0.2, 0) is 10.0 Å². The minimum atomic E-state index is -3.84. The van der Waals surface area contributed by atoms with Crippen molar-refractivity contribution in [2.24, 2.45) is 0 Å². The quantitative estimate of drug-likeness (QED) is 0.536. The molecule has 0 atom stereocenters. The number of carbonyl (C=O) groups excluding carboxylic acids is 1. The summed E-state index contributed by atoms with van der Waals surface area (Å²) in [5.74, 6) is -0.320. The number of anilines is 1. The first kappa shape index (κ1) is 18.7. The first-order chi connectivity index (χ1) is 12.7. The lowest BCUT2D eigenvalue weighted by molar-refractivity contribution is 0.104. The average molecular weight is 384 g/mol. The number of pyridine rings is 1. The monoisotopic (exact) mass is 384 g/mol. The fourth-order valence-corrected chi connectivity index (χ4v) is 3.97. The third-order valence-electron chi connectivity index (χ3n) is 4.06. The molecule has 0 spiro atoms. The Bertz CT molecular complexity index is 1140. The zero-order valence-electron chi connectivity index (χ0n) is 15.2. The summed E-state index contributed by atoms with van der Waals surface area (Å²) in [6, 6.07) is 8.08. The topological polar surface area (TPSA) is 98.3 Å². The molecule has 3 rings (SSSR count). The number of aromatic nitrogens is 2. The number of hydrogen-bond donors (Lipinski definition) is 1. The van der Waals surface area contributed by atoms with E-state index in [2.05, 4.69) is 4.98 Å². The van der Waals surface area contributed by atoms with Crippen molar-refractivity contribution in [3.8, 4) is 0 Å². The van der Waals surface area contributed by atoms with Crippen LogP contribution in [0.5, 0.6) is 0 Å². The Kier molecular flexibility index (Phi) is 4.75. The van der Waals surface area contributed by atoms with E-state index >= 15 is 0 Å². The van der Waals surface area contributed by atoms with Gasteiger partial charge in [0.25, 0.3) is 10.0 Å². The van der Waals surface area contributed by atoms with Crippen LogP contribution in [0.25, 0.3) is 11.0 Å². The van der Waals surface area contributed by atoms with Crippen LogP contribution < -0.4 is 5.73 Å². The molecule has 0 aliphatic heterocycles. The van der Waals surface area contributed by atoms with Gasteiger partial charge in [0, 0.05) is 38.0 Å². The largest absolute Gasteiger partial charge is 0.397 e. The van der Waals surface area contributed by atoms with Gasteiger partial charge in [-0.15, -0.1) is 0 Å². The van der Waals surface area contributed by atoms with Crippen LogP contribution in [0.1, 0.15) is 15.9 Å². The van der Waals surface area contributed by atoms with Crippen LogP contribution in [0.15, 0.2) is 59.9 Å². The lowest BCUT2D eigenvalue weighted by Gasteiger charge is -2.09. The third-order valence-corrected chi connectivity index (χ3v) is 5.74. The number of allylic oxidation sites excluding steroid dienone is 1. The Labute approximate surface area is 157 Å². The number of benzene rings is 1. The summed E-state index contributed by atoms with van der Waals surface area (Å²) in [4.78, 5) is 18.6. The SMILES string of the molecule is Cc1ccc(S(=O)(=O)n2ccc3c(C(=O)/C=C/N(C)C)c(N)cnc32)cc1. The van der Waals surface area contributed by atoms with E-state index < -0.39 is 10.0 Å². The Morgan fingerprint density at radius 3 is 2.48 bits per heavy atom. The normalized spacial score (nSPS) is 12.0. The summed E-state index contributed by atoms with van der Waals surface area (Å²) in [6.45, 7) is 1.88. The maximum atomic E-state index is 13.0. The lowest BCUT2D eigenvalue weighted by Crippen LogP contribution is -2.13. The molecule has 3 aromatic rings. The molecule has 0 unspecified atom stereocenters. The Morgan fingerprint density at radius 2 is 1.85 bits per heavy atom. The summed E-state index contributed by atoms with van der Waals surface area (Å²) in [5.41, 5.74) is 7.49. The van der Waals surface area contributed by atoms with Gasteiger partial charge in [-0.1, -0.05) is 17.7 Å². The molecule has 27 heavy (non-hydrogen) atoms. The van der Waals surface area contributed by atoms with Crippen LogP contribution in [-0.4, -0.2) is 42.2 Å². The van der Waals surface area contributed by atoms with E-state index in [1.807, 2.05) is 6.92 Å². The van der Waals surface area contributed by atoms with Crippen LogP contribution >= 0.6 is 0 Å². The molecule has 0 bridgehead atoms. The van der Waals surface area contributed by atoms with E-state index in [1.54, 1.807) is 55.5 Å². The van der Waals surface area contributed by atoms with E-state index in [-0.39, 0.29) is 27.6 Å². The van der Waals surface area contributed by atoms with E-state index in [0.717, 1.165) is 9.54 Å². The highest BCUT2D eigenvalue weighted by molar-refractivity contribution is 7.90. The number of nitrogens with two attached hydrogens (primary N) is 1. The summed E-state index contributed by atoms with van der Waals surface area (Å²) in [5, 5.41) is 0.388. The number of fused-ring (bicyclic) bond motifs is 1.